The number of nitrogens with zero attached hydrogens (tertiary/aromatic N) is 4. The van der Waals surface area contributed by atoms with Gasteiger partial charge in [0.1, 0.15) is 12.2 Å². The van der Waals surface area contributed by atoms with Crippen LogP contribution < -0.4 is 0 Å². The van der Waals surface area contributed by atoms with Gasteiger partial charge >= 0.3 is 0 Å². The first-order valence-electron chi connectivity index (χ1n) is 8.26. The molecule has 0 spiro atoms. The van der Waals surface area contributed by atoms with Gasteiger partial charge in [-0.25, -0.2) is 4.98 Å². The lowest BCUT2D eigenvalue weighted by Crippen LogP contribution is -2.39. The molecule has 122 valence electrons. The molecular weight excluding hydrogens is 302 g/mol. The Kier molecular flexibility index (Phi) is 3.72. The quantitative estimate of drug-likeness (QED) is 0.787. The first-order chi connectivity index (χ1) is 11.7. The number of H-pyrrole nitrogens is 1. The monoisotopic (exact) mass is 321 g/mol. The minimum absolute atomic E-state index is 0.0272. The van der Waals surface area contributed by atoms with Crippen LogP contribution >= 0.6 is 0 Å². The van der Waals surface area contributed by atoms with Gasteiger partial charge in [0.25, 0.3) is 5.91 Å². The average molecular weight is 321 g/mol. The molecule has 4 rings (SSSR count). The molecule has 1 saturated heterocycles. The molecule has 6 nitrogen and oxygen atoms in total. The summed E-state index contributed by atoms with van der Waals surface area (Å²) in [5, 5.41) is 7.83. The number of rotatable bonds is 2. The zero-order chi connectivity index (χ0) is 16.5. The van der Waals surface area contributed by atoms with Gasteiger partial charge in [0.15, 0.2) is 0 Å². The Labute approximate surface area is 139 Å². The summed E-state index contributed by atoms with van der Waals surface area (Å²) in [7, 11) is 0. The van der Waals surface area contributed by atoms with Gasteiger partial charge in [-0.05, 0) is 50.5 Å². The smallest absolute Gasteiger partial charge is 0.254 e. The summed E-state index contributed by atoms with van der Waals surface area (Å²) < 4.78 is 0. The highest BCUT2D eigenvalue weighted by molar-refractivity contribution is 5.98. The lowest BCUT2D eigenvalue weighted by atomic mass is 9.99. The number of aromatic amines is 1. The number of carbonyl (C=O) groups excluding carboxylic acids is 1. The highest BCUT2D eigenvalue weighted by atomic mass is 16.2. The summed E-state index contributed by atoms with van der Waals surface area (Å²) in [6.07, 6.45) is 4.52. The molecule has 0 aliphatic carbocycles. The van der Waals surface area contributed by atoms with Crippen molar-refractivity contribution < 1.29 is 4.79 Å². The summed E-state index contributed by atoms with van der Waals surface area (Å²) in [6, 6.07) is 9.66. The van der Waals surface area contributed by atoms with E-state index >= 15 is 0 Å². The highest BCUT2D eigenvalue weighted by Gasteiger charge is 2.30. The van der Waals surface area contributed by atoms with Crippen LogP contribution in [0.1, 0.15) is 47.2 Å². The van der Waals surface area contributed by atoms with E-state index in [4.69, 9.17) is 0 Å². The lowest BCUT2D eigenvalue weighted by molar-refractivity contribution is 0.0600. The summed E-state index contributed by atoms with van der Waals surface area (Å²) in [6.45, 7) is 2.71. The molecule has 2 aromatic heterocycles. The van der Waals surface area contributed by atoms with E-state index in [1.54, 1.807) is 0 Å². The fourth-order valence-electron chi connectivity index (χ4n) is 3.36. The number of nitrogens with one attached hydrogen (secondary N) is 1. The van der Waals surface area contributed by atoms with Crippen LogP contribution in [-0.2, 0) is 0 Å². The van der Waals surface area contributed by atoms with Gasteiger partial charge < -0.3 is 4.90 Å². The number of fused-ring (bicyclic) bond motifs is 1. The van der Waals surface area contributed by atoms with E-state index in [0.717, 1.165) is 48.2 Å². The number of piperidine rings is 1. The Balaban J connectivity index is 1.67. The number of pyridine rings is 1. The molecule has 1 atom stereocenters. The number of benzene rings is 1. The van der Waals surface area contributed by atoms with E-state index in [0.29, 0.717) is 5.56 Å². The topological polar surface area (TPSA) is 74.8 Å². The first-order valence-corrected chi connectivity index (χ1v) is 8.26. The molecular formula is C18H19N5O. The minimum atomic E-state index is -0.0272. The van der Waals surface area contributed by atoms with Gasteiger partial charge in [-0.15, -0.1) is 0 Å². The van der Waals surface area contributed by atoms with Crippen LogP contribution in [0.2, 0.25) is 0 Å². The molecule has 1 aromatic carbocycles. The van der Waals surface area contributed by atoms with Crippen molar-refractivity contribution in [3.63, 3.8) is 0 Å². The largest absolute Gasteiger partial charge is 0.328 e. The van der Waals surface area contributed by atoms with Crippen LogP contribution in [0, 0.1) is 6.92 Å². The van der Waals surface area contributed by atoms with Crippen molar-refractivity contribution in [1.82, 2.24) is 25.1 Å². The molecule has 1 aliphatic heterocycles. The number of carbonyl (C=O) groups is 1. The van der Waals surface area contributed by atoms with Crippen molar-refractivity contribution in [2.75, 3.05) is 6.54 Å². The van der Waals surface area contributed by atoms with Crippen LogP contribution in [0.3, 0.4) is 0 Å². The number of aryl methyl sites for hydroxylation is 1. The van der Waals surface area contributed by atoms with Gasteiger partial charge in [-0.3, -0.25) is 14.9 Å². The molecule has 24 heavy (non-hydrogen) atoms. The van der Waals surface area contributed by atoms with Crippen molar-refractivity contribution in [2.24, 2.45) is 0 Å². The predicted octanol–water partition coefficient (Wildman–Crippen LogP) is 3.03. The van der Waals surface area contributed by atoms with Gasteiger partial charge in [-0.2, -0.15) is 5.10 Å². The van der Waals surface area contributed by atoms with E-state index in [2.05, 4.69) is 20.2 Å². The van der Waals surface area contributed by atoms with E-state index in [1.807, 2.05) is 42.2 Å². The van der Waals surface area contributed by atoms with Crippen molar-refractivity contribution in [2.45, 2.75) is 32.2 Å². The third-order valence-electron chi connectivity index (χ3n) is 4.59. The maximum Gasteiger partial charge on any atom is 0.254 e. The van der Waals surface area contributed by atoms with Crippen molar-refractivity contribution in [1.29, 1.82) is 0 Å². The summed E-state index contributed by atoms with van der Waals surface area (Å²) in [5.74, 6) is 0.805. The van der Waals surface area contributed by atoms with Crippen LogP contribution in [0.4, 0.5) is 0 Å². The average Bonchev–Trinajstić information content (AvgIpc) is 3.15. The maximum absolute atomic E-state index is 13.1. The van der Waals surface area contributed by atoms with E-state index in [-0.39, 0.29) is 11.9 Å². The molecule has 0 bridgehead atoms. The van der Waals surface area contributed by atoms with Gasteiger partial charge in [-0.1, -0.05) is 6.07 Å². The Bertz CT molecular complexity index is 874. The first kappa shape index (κ1) is 14.8. The second-order valence-corrected chi connectivity index (χ2v) is 6.24. The molecule has 1 fully saturated rings. The van der Waals surface area contributed by atoms with Crippen molar-refractivity contribution >= 4 is 16.8 Å². The molecule has 0 unspecified atom stereocenters. The molecule has 0 radical (unpaired) electrons. The van der Waals surface area contributed by atoms with Crippen LogP contribution in [0.25, 0.3) is 10.9 Å². The number of aromatic nitrogens is 4. The predicted molar refractivity (Wildman–Crippen MR) is 90.5 cm³/mol. The number of likely N-dealkylation sites (tertiary alicyclic amines) is 1. The Hall–Kier alpha value is -2.76. The number of hydrogen-bond acceptors (Lipinski definition) is 4. The number of hydrogen-bond donors (Lipinski definition) is 1. The third-order valence-corrected chi connectivity index (χ3v) is 4.59. The van der Waals surface area contributed by atoms with Crippen LogP contribution in [0.15, 0.2) is 36.7 Å². The second-order valence-electron chi connectivity index (χ2n) is 6.24. The van der Waals surface area contributed by atoms with Gasteiger partial charge in [0, 0.05) is 23.2 Å². The molecule has 6 heteroatoms. The summed E-state index contributed by atoms with van der Waals surface area (Å²) in [4.78, 5) is 23.7. The third kappa shape index (κ3) is 2.64. The Morgan fingerprint density at radius 2 is 2.17 bits per heavy atom. The summed E-state index contributed by atoms with van der Waals surface area (Å²) >= 11 is 0. The fraction of sp³-hybridized carbons (Fsp3) is 0.333. The molecule has 3 aromatic rings. The standard InChI is InChI=1S/C18H19N5O/c1-12-5-6-13-10-14(7-8-15(13)21-12)18(24)23-9-3-2-4-16(23)17-19-11-20-22-17/h5-8,10-11,16H,2-4,9H2,1H3,(H,19,20,22)/t16-/m1/s1. The Morgan fingerprint density at radius 3 is 3.00 bits per heavy atom. The van der Waals surface area contributed by atoms with E-state index < -0.39 is 0 Å². The zero-order valence-electron chi connectivity index (χ0n) is 13.6. The molecule has 1 N–H and O–H groups in total. The Morgan fingerprint density at radius 1 is 1.25 bits per heavy atom. The molecule has 1 aliphatic rings. The maximum atomic E-state index is 13.1. The molecule has 3 heterocycles. The van der Waals surface area contributed by atoms with Crippen LogP contribution in [0.5, 0.6) is 0 Å². The fourth-order valence-corrected chi connectivity index (χ4v) is 3.36. The van der Waals surface area contributed by atoms with Crippen molar-refractivity contribution in [3.8, 4) is 0 Å². The minimum Gasteiger partial charge on any atom is -0.328 e. The second kappa shape index (κ2) is 6.03. The van der Waals surface area contributed by atoms with Crippen molar-refractivity contribution in [3.05, 3.63) is 53.7 Å². The van der Waals surface area contributed by atoms with E-state index in [1.165, 1.54) is 6.33 Å². The molecule has 1 amide bonds. The normalized spacial score (nSPS) is 18.0. The van der Waals surface area contributed by atoms with Crippen LogP contribution in [-0.4, -0.2) is 37.5 Å². The van der Waals surface area contributed by atoms with Gasteiger partial charge in [0.05, 0.1) is 11.6 Å². The zero-order valence-corrected chi connectivity index (χ0v) is 13.6. The summed E-state index contributed by atoms with van der Waals surface area (Å²) in [5.41, 5.74) is 2.58. The molecule has 0 saturated carbocycles. The lowest BCUT2D eigenvalue weighted by Gasteiger charge is -2.34. The highest BCUT2D eigenvalue weighted by Crippen LogP contribution is 2.30. The SMILES string of the molecule is Cc1ccc2cc(C(=O)N3CCCC[C@@H]3c3ncn[nH]3)ccc2n1. The van der Waals surface area contributed by atoms with Gasteiger partial charge in [0.2, 0.25) is 0 Å². The number of amides is 1. The van der Waals surface area contributed by atoms with E-state index in [9.17, 15) is 4.79 Å².